The fraction of sp³-hybridized carbons (Fsp3) is 0.278. The topological polar surface area (TPSA) is 47.3 Å². The number of halogens is 3. The molecule has 1 heterocycles. The molecule has 2 aromatic carbocycles. The summed E-state index contributed by atoms with van der Waals surface area (Å²) in [5, 5.41) is 9.27. The predicted octanol–water partition coefficient (Wildman–Crippen LogP) is 3.93. The van der Waals surface area contributed by atoms with Crippen LogP contribution in [0.1, 0.15) is 17.0 Å². The number of aryl methyl sites for hydroxylation is 1. The van der Waals surface area contributed by atoms with Gasteiger partial charge in [-0.1, -0.05) is 18.2 Å². The van der Waals surface area contributed by atoms with Crippen LogP contribution < -0.4 is 4.74 Å². The molecule has 0 aliphatic rings. The van der Waals surface area contributed by atoms with Crippen LogP contribution >= 0.6 is 0 Å². The molecule has 3 aromatic rings. The number of aliphatic hydroxyl groups is 1. The number of benzene rings is 2. The Hall–Kier alpha value is -2.54. The highest BCUT2D eigenvalue weighted by Gasteiger charge is 2.31. The largest absolute Gasteiger partial charge is 0.485 e. The second kappa shape index (κ2) is 6.76. The number of ether oxygens (including phenoxy) is 1. The summed E-state index contributed by atoms with van der Waals surface area (Å²) in [7, 11) is 0. The summed E-state index contributed by atoms with van der Waals surface area (Å²) in [6, 6.07) is 10.9. The highest BCUT2D eigenvalue weighted by molar-refractivity contribution is 5.77. The second-order valence-corrected chi connectivity index (χ2v) is 5.66. The molecule has 0 bridgehead atoms. The molecule has 7 heteroatoms. The summed E-state index contributed by atoms with van der Waals surface area (Å²) in [4.78, 5) is 4.28. The average molecular weight is 350 g/mol. The first-order valence-electron chi connectivity index (χ1n) is 7.76. The molecule has 0 saturated carbocycles. The van der Waals surface area contributed by atoms with E-state index in [0.29, 0.717) is 17.1 Å². The first-order chi connectivity index (χ1) is 11.9. The summed E-state index contributed by atoms with van der Waals surface area (Å²) in [6.45, 7) is 2.08. The van der Waals surface area contributed by atoms with Gasteiger partial charge in [-0.05, 0) is 36.8 Å². The Morgan fingerprint density at radius 3 is 2.60 bits per heavy atom. The van der Waals surface area contributed by atoms with E-state index in [-0.39, 0.29) is 25.3 Å². The zero-order chi connectivity index (χ0) is 18.0. The van der Waals surface area contributed by atoms with Crippen molar-refractivity contribution in [2.24, 2.45) is 0 Å². The Kier molecular flexibility index (Phi) is 4.67. The minimum atomic E-state index is -4.42. The van der Waals surface area contributed by atoms with Crippen LogP contribution in [0.2, 0.25) is 0 Å². The van der Waals surface area contributed by atoms with E-state index in [0.717, 1.165) is 17.7 Å². The lowest BCUT2D eigenvalue weighted by Gasteiger charge is -2.11. The fourth-order valence-electron chi connectivity index (χ4n) is 2.68. The molecule has 0 atom stereocenters. The Bertz CT molecular complexity index is 888. The van der Waals surface area contributed by atoms with Gasteiger partial charge in [-0.2, -0.15) is 13.2 Å². The molecule has 0 saturated heterocycles. The number of aromatic nitrogens is 2. The summed E-state index contributed by atoms with van der Waals surface area (Å²) in [5.74, 6) is 1.15. The minimum Gasteiger partial charge on any atom is -0.485 e. The van der Waals surface area contributed by atoms with Gasteiger partial charge in [-0.3, -0.25) is 0 Å². The number of alkyl halides is 3. The van der Waals surface area contributed by atoms with Crippen molar-refractivity contribution in [3.63, 3.8) is 0 Å². The SMILES string of the molecule is Cc1ccccc1OCc1nc2cc(C(F)(F)F)ccc2n1CCO. The van der Waals surface area contributed by atoms with Gasteiger partial charge in [0.05, 0.1) is 23.2 Å². The molecule has 132 valence electrons. The number of imidazole rings is 1. The zero-order valence-corrected chi connectivity index (χ0v) is 13.5. The maximum atomic E-state index is 12.9. The van der Waals surface area contributed by atoms with Gasteiger partial charge in [0.2, 0.25) is 0 Å². The van der Waals surface area contributed by atoms with Crippen molar-refractivity contribution < 1.29 is 23.0 Å². The Morgan fingerprint density at radius 2 is 1.92 bits per heavy atom. The van der Waals surface area contributed by atoms with Crippen molar-refractivity contribution in [2.75, 3.05) is 6.61 Å². The first kappa shape index (κ1) is 17.3. The average Bonchev–Trinajstić information content (AvgIpc) is 2.91. The van der Waals surface area contributed by atoms with Gasteiger partial charge in [0.15, 0.2) is 0 Å². The highest BCUT2D eigenvalue weighted by Crippen LogP contribution is 2.31. The van der Waals surface area contributed by atoms with Gasteiger partial charge in [0, 0.05) is 6.54 Å². The monoisotopic (exact) mass is 350 g/mol. The number of aliphatic hydroxyl groups excluding tert-OH is 1. The molecule has 0 fully saturated rings. The molecule has 0 unspecified atom stereocenters. The van der Waals surface area contributed by atoms with Crippen molar-refractivity contribution in [1.82, 2.24) is 9.55 Å². The van der Waals surface area contributed by atoms with E-state index in [4.69, 9.17) is 4.74 Å². The van der Waals surface area contributed by atoms with Crippen LogP contribution in [0.15, 0.2) is 42.5 Å². The van der Waals surface area contributed by atoms with Crippen LogP contribution in [0, 0.1) is 6.92 Å². The number of hydrogen-bond acceptors (Lipinski definition) is 3. The molecule has 0 radical (unpaired) electrons. The lowest BCUT2D eigenvalue weighted by atomic mass is 10.2. The van der Waals surface area contributed by atoms with Crippen LogP contribution in [-0.4, -0.2) is 21.3 Å². The molecule has 0 aliphatic heterocycles. The predicted molar refractivity (Wildman–Crippen MR) is 87.3 cm³/mol. The van der Waals surface area contributed by atoms with Crippen molar-refractivity contribution in [3.05, 3.63) is 59.4 Å². The number of fused-ring (bicyclic) bond motifs is 1. The molecule has 0 amide bonds. The van der Waals surface area contributed by atoms with Gasteiger partial charge in [-0.25, -0.2) is 4.98 Å². The van der Waals surface area contributed by atoms with E-state index >= 15 is 0 Å². The molecule has 0 aliphatic carbocycles. The molecule has 1 N–H and O–H groups in total. The standard InChI is InChI=1S/C18H17F3N2O2/c1-12-4-2-3-5-16(12)25-11-17-22-14-10-13(18(19,20)21)6-7-15(14)23(17)8-9-24/h2-7,10,24H,8-9,11H2,1H3. The van der Waals surface area contributed by atoms with E-state index in [2.05, 4.69) is 4.98 Å². The van der Waals surface area contributed by atoms with Crippen LogP contribution in [0.25, 0.3) is 11.0 Å². The van der Waals surface area contributed by atoms with Gasteiger partial charge >= 0.3 is 6.18 Å². The molecular formula is C18H17F3N2O2. The van der Waals surface area contributed by atoms with Crippen molar-refractivity contribution >= 4 is 11.0 Å². The number of nitrogens with zero attached hydrogens (tertiary/aromatic N) is 2. The van der Waals surface area contributed by atoms with E-state index in [9.17, 15) is 18.3 Å². The Morgan fingerprint density at radius 1 is 1.16 bits per heavy atom. The molecule has 4 nitrogen and oxygen atoms in total. The van der Waals surface area contributed by atoms with Gasteiger partial charge in [0.25, 0.3) is 0 Å². The molecule has 25 heavy (non-hydrogen) atoms. The quantitative estimate of drug-likeness (QED) is 0.758. The summed E-state index contributed by atoms with van der Waals surface area (Å²) in [5.41, 5.74) is 0.962. The van der Waals surface area contributed by atoms with E-state index < -0.39 is 11.7 Å². The smallest absolute Gasteiger partial charge is 0.416 e. The molecular weight excluding hydrogens is 333 g/mol. The third-order valence-electron chi connectivity index (χ3n) is 3.93. The zero-order valence-electron chi connectivity index (χ0n) is 13.5. The van der Waals surface area contributed by atoms with E-state index in [1.165, 1.54) is 6.07 Å². The summed E-state index contributed by atoms with van der Waals surface area (Å²) in [6.07, 6.45) is -4.42. The maximum Gasteiger partial charge on any atom is 0.416 e. The van der Waals surface area contributed by atoms with Crippen LogP contribution in [0.5, 0.6) is 5.75 Å². The fourth-order valence-corrected chi connectivity index (χ4v) is 2.68. The number of rotatable bonds is 5. The van der Waals surface area contributed by atoms with Crippen molar-refractivity contribution in [3.8, 4) is 5.75 Å². The van der Waals surface area contributed by atoms with Crippen LogP contribution in [-0.2, 0) is 19.3 Å². The lowest BCUT2D eigenvalue weighted by molar-refractivity contribution is -0.137. The Balaban J connectivity index is 1.96. The number of hydrogen-bond donors (Lipinski definition) is 1. The Labute approximate surface area is 142 Å². The summed E-state index contributed by atoms with van der Waals surface area (Å²) >= 11 is 0. The van der Waals surface area contributed by atoms with E-state index in [1.807, 2.05) is 31.2 Å². The normalized spacial score (nSPS) is 11.9. The maximum absolute atomic E-state index is 12.9. The minimum absolute atomic E-state index is 0.0981. The molecule has 1 aromatic heterocycles. The molecule has 0 spiro atoms. The molecule has 3 rings (SSSR count). The van der Waals surface area contributed by atoms with Gasteiger partial charge < -0.3 is 14.4 Å². The van der Waals surface area contributed by atoms with E-state index in [1.54, 1.807) is 4.57 Å². The van der Waals surface area contributed by atoms with Crippen molar-refractivity contribution in [1.29, 1.82) is 0 Å². The third-order valence-corrected chi connectivity index (χ3v) is 3.93. The number of para-hydroxylation sites is 1. The summed E-state index contributed by atoms with van der Waals surface area (Å²) < 4.78 is 46.1. The highest BCUT2D eigenvalue weighted by atomic mass is 19.4. The van der Waals surface area contributed by atoms with Gasteiger partial charge in [-0.15, -0.1) is 0 Å². The van der Waals surface area contributed by atoms with Crippen LogP contribution in [0.3, 0.4) is 0 Å². The third kappa shape index (κ3) is 3.61. The van der Waals surface area contributed by atoms with Crippen molar-refractivity contribution in [2.45, 2.75) is 26.3 Å². The van der Waals surface area contributed by atoms with Gasteiger partial charge in [0.1, 0.15) is 18.2 Å². The van der Waals surface area contributed by atoms with Crippen LogP contribution in [0.4, 0.5) is 13.2 Å². The lowest BCUT2D eigenvalue weighted by Crippen LogP contribution is -2.10. The first-order valence-corrected chi connectivity index (χ1v) is 7.76. The second-order valence-electron chi connectivity index (χ2n) is 5.66.